The Morgan fingerprint density at radius 3 is 2.60 bits per heavy atom. The number of carboxylic acid groups (broad SMARTS) is 1. The van der Waals surface area contributed by atoms with E-state index in [9.17, 15) is 19.7 Å². The van der Waals surface area contributed by atoms with Gasteiger partial charge in [-0.3, -0.25) is 4.79 Å². The summed E-state index contributed by atoms with van der Waals surface area (Å²) in [7, 11) is 0. The molecule has 0 saturated heterocycles. The van der Waals surface area contributed by atoms with Crippen molar-refractivity contribution in [3.05, 3.63) is 45.5 Å². The van der Waals surface area contributed by atoms with Crippen LogP contribution < -0.4 is 0 Å². The number of benzene rings is 1. The van der Waals surface area contributed by atoms with E-state index < -0.39 is 17.0 Å². The molecule has 1 aromatic rings. The van der Waals surface area contributed by atoms with Crippen LogP contribution in [0.5, 0.6) is 0 Å². The second-order valence-corrected chi connectivity index (χ2v) is 4.12. The van der Waals surface area contributed by atoms with Gasteiger partial charge in [0, 0.05) is 6.42 Å². The minimum absolute atomic E-state index is 0.0446. The summed E-state index contributed by atoms with van der Waals surface area (Å²) in [5.74, 6) is -1.59. The van der Waals surface area contributed by atoms with E-state index in [0.29, 0.717) is 11.1 Å². The van der Waals surface area contributed by atoms with Crippen molar-refractivity contribution in [2.45, 2.75) is 12.8 Å². The SMILES string of the molecule is O=C(O)CCC[N+]1=C(O[N+](=O)[O-])c2ccccc2C1=O. The van der Waals surface area contributed by atoms with Gasteiger partial charge in [-0.05, 0) is 12.1 Å². The lowest BCUT2D eigenvalue weighted by molar-refractivity contribution is -0.732. The van der Waals surface area contributed by atoms with Crippen molar-refractivity contribution < 1.29 is 29.2 Å². The van der Waals surface area contributed by atoms with Gasteiger partial charge < -0.3 is 5.11 Å². The first kappa shape index (κ1) is 13.7. The second kappa shape index (κ2) is 5.47. The maximum atomic E-state index is 12.1. The Balaban J connectivity index is 2.31. The van der Waals surface area contributed by atoms with E-state index in [2.05, 4.69) is 4.84 Å². The lowest BCUT2D eigenvalue weighted by Crippen LogP contribution is -2.26. The zero-order valence-corrected chi connectivity index (χ0v) is 10.3. The quantitative estimate of drug-likeness (QED) is 0.482. The molecule has 20 heavy (non-hydrogen) atoms. The van der Waals surface area contributed by atoms with E-state index in [1.807, 2.05) is 0 Å². The lowest BCUT2D eigenvalue weighted by Gasteiger charge is -1.98. The van der Waals surface area contributed by atoms with E-state index >= 15 is 0 Å². The Hall–Kier alpha value is -2.77. The van der Waals surface area contributed by atoms with Crippen molar-refractivity contribution in [2.24, 2.45) is 0 Å². The number of hydrogen-bond acceptors (Lipinski definition) is 5. The number of nitrogens with zero attached hydrogens (tertiary/aromatic N) is 2. The Morgan fingerprint density at radius 1 is 1.35 bits per heavy atom. The molecule has 0 spiro atoms. The highest BCUT2D eigenvalue weighted by atomic mass is 17.0. The summed E-state index contributed by atoms with van der Waals surface area (Å²) < 4.78 is 1.09. The molecule has 0 fully saturated rings. The molecule has 1 N–H and O–H groups in total. The van der Waals surface area contributed by atoms with Crippen LogP contribution in [0.1, 0.15) is 28.8 Å². The van der Waals surface area contributed by atoms with Gasteiger partial charge in [0.05, 0.1) is 12.0 Å². The van der Waals surface area contributed by atoms with Gasteiger partial charge in [-0.25, -0.2) is 9.63 Å². The first-order chi connectivity index (χ1) is 9.50. The maximum Gasteiger partial charge on any atom is 0.422 e. The third-order valence-corrected chi connectivity index (χ3v) is 2.81. The average Bonchev–Trinajstić information content (AvgIpc) is 2.64. The molecular weight excluding hydrogens is 268 g/mol. The van der Waals surface area contributed by atoms with E-state index in [0.717, 1.165) is 4.58 Å². The van der Waals surface area contributed by atoms with Gasteiger partial charge in [0.25, 0.3) is 0 Å². The zero-order chi connectivity index (χ0) is 14.7. The fourth-order valence-electron chi connectivity index (χ4n) is 2.00. The van der Waals surface area contributed by atoms with Gasteiger partial charge in [-0.15, -0.1) is 14.7 Å². The number of fused-ring (bicyclic) bond motifs is 1. The Kier molecular flexibility index (Phi) is 3.74. The summed E-state index contributed by atoms with van der Waals surface area (Å²) in [5, 5.41) is 18.1. The molecule has 8 heteroatoms. The summed E-state index contributed by atoms with van der Waals surface area (Å²) in [4.78, 5) is 37.6. The highest BCUT2D eigenvalue weighted by Crippen LogP contribution is 2.19. The van der Waals surface area contributed by atoms with Gasteiger partial charge in [0.1, 0.15) is 5.56 Å². The van der Waals surface area contributed by atoms with Crippen molar-refractivity contribution in [1.29, 1.82) is 0 Å². The van der Waals surface area contributed by atoms with Crippen LogP contribution in [0, 0.1) is 10.1 Å². The summed E-state index contributed by atoms with van der Waals surface area (Å²) >= 11 is 0. The summed E-state index contributed by atoms with van der Waals surface area (Å²) in [5.41, 5.74) is 0.643. The third-order valence-electron chi connectivity index (χ3n) is 2.81. The molecule has 0 atom stereocenters. The molecule has 0 saturated carbocycles. The van der Waals surface area contributed by atoms with Crippen molar-refractivity contribution >= 4 is 17.8 Å². The number of rotatable bonds is 5. The number of carbonyl (C=O) groups excluding carboxylic acids is 1. The van der Waals surface area contributed by atoms with E-state index in [1.54, 1.807) is 18.2 Å². The summed E-state index contributed by atoms with van der Waals surface area (Å²) in [6.07, 6.45) is 0.0471. The topological polar surface area (TPSA) is 110 Å². The molecule has 104 valence electrons. The molecule has 8 nitrogen and oxygen atoms in total. The van der Waals surface area contributed by atoms with Crippen molar-refractivity contribution in [3.8, 4) is 0 Å². The van der Waals surface area contributed by atoms with Gasteiger partial charge in [-0.2, -0.15) is 0 Å². The monoisotopic (exact) mass is 279 g/mol. The van der Waals surface area contributed by atoms with Gasteiger partial charge in [0.2, 0.25) is 0 Å². The predicted octanol–water partition coefficient (Wildman–Crippen LogP) is 0.673. The molecule has 0 aliphatic carbocycles. The normalized spacial score (nSPS) is 13.3. The van der Waals surface area contributed by atoms with Crippen molar-refractivity contribution in [1.82, 2.24) is 0 Å². The number of carbonyl (C=O) groups is 2. The molecule has 1 amide bonds. The highest BCUT2D eigenvalue weighted by molar-refractivity contribution is 6.10. The molecule has 1 aliphatic heterocycles. The van der Waals surface area contributed by atoms with Crippen LogP contribution >= 0.6 is 0 Å². The van der Waals surface area contributed by atoms with E-state index in [4.69, 9.17) is 5.11 Å². The van der Waals surface area contributed by atoms with Crippen LogP contribution in [0.2, 0.25) is 0 Å². The molecule has 1 heterocycles. The predicted molar refractivity (Wildman–Crippen MR) is 65.0 cm³/mol. The Morgan fingerprint density at radius 2 is 2.00 bits per heavy atom. The van der Waals surface area contributed by atoms with Crippen LogP contribution in [-0.2, 0) is 9.63 Å². The Labute approximate surface area is 113 Å². The van der Waals surface area contributed by atoms with Gasteiger partial charge in [0.15, 0.2) is 6.54 Å². The second-order valence-electron chi connectivity index (χ2n) is 4.12. The largest absolute Gasteiger partial charge is 0.481 e. The molecule has 2 rings (SSSR count). The van der Waals surface area contributed by atoms with E-state index in [1.165, 1.54) is 6.07 Å². The lowest BCUT2D eigenvalue weighted by atomic mass is 10.1. The number of hydrogen-bond donors (Lipinski definition) is 1. The fraction of sp³-hybridized carbons (Fsp3) is 0.250. The number of aliphatic carboxylic acids is 1. The van der Waals surface area contributed by atoms with Crippen LogP contribution in [0.25, 0.3) is 0 Å². The zero-order valence-electron chi connectivity index (χ0n) is 10.3. The average molecular weight is 279 g/mol. The molecule has 0 aromatic heterocycles. The summed E-state index contributed by atoms with van der Waals surface area (Å²) in [6, 6.07) is 6.36. The first-order valence-corrected chi connectivity index (χ1v) is 5.83. The third kappa shape index (κ3) is 2.63. The van der Waals surface area contributed by atoms with Crippen LogP contribution in [0.3, 0.4) is 0 Å². The first-order valence-electron chi connectivity index (χ1n) is 5.83. The minimum Gasteiger partial charge on any atom is -0.481 e. The molecule has 1 aliphatic rings. The minimum atomic E-state index is -0.995. The van der Waals surface area contributed by atoms with E-state index in [-0.39, 0.29) is 25.3 Å². The standard InChI is InChI=1S/C12H10N2O6/c15-10(16)6-3-7-13-11(17)8-4-1-2-5-9(8)12(13)20-14(18)19/h1-2,4-5H,3,6-7H2/p+1. The van der Waals surface area contributed by atoms with Crippen molar-refractivity contribution in [3.63, 3.8) is 0 Å². The maximum absolute atomic E-state index is 12.1. The molecule has 0 unspecified atom stereocenters. The van der Waals surface area contributed by atoms with Gasteiger partial charge >= 0.3 is 22.9 Å². The fourth-order valence-corrected chi connectivity index (χ4v) is 2.00. The smallest absolute Gasteiger partial charge is 0.422 e. The molecule has 0 radical (unpaired) electrons. The molecule has 1 aromatic carbocycles. The van der Waals surface area contributed by atoms with Crippen LogP contribution in [0.15, 0.2) is 24.3 Å². The highest BCUT2D eigenvalue weighted by Gasteiger charge is 2.39. The molecular formula is C12H11N2O6+. The Bertz CT molecular complexity index is 622. The number of carboxylic acids is 1. The van der Waals surface area contributed by atoms with Gasteiger partial charge in [-0.1, -0.05) is 12.1 Å². The summed E-state index contributed by atoms with van der Waals surface area (Å²) in [6.45, 7) is 0.0446. The van der Waals surface area contributed by atoms with Crippen molar-refractivity contribution in [2.75, 3.05) is 6.54 Å². The molecule has 0 bridgehead atoms. The van der Waals surface area contributed by atoms with Crippen LogP contribution in [0.4, 0.5) is 0 Å². The van der Waals surface area contributed by atoms with Crippen LogP contribution in [-0.4, -0.2) is 39.1 Å². The number of amides is 1.